The zero-order valence-corrected chi connectivity index (χ0v) is 16.5. The minimum atomic E-state index is -0.213. The summed E-state index contributed by atoms with van der Waals surface area (Å²) in [5.41, 5.74) is 4.46. The SMILES string of the molecule is Cc1c(CN2CCN(C)CC2)cn2ncnc(N[C@H](CO)c3ccccc3)c12. The first kappa shape index (κ1) is 18.9. The number of benzene rings is 1. The summed E-state index contributed by atoms with van der Waals surface area (Å²) in [6, 6.07) is 9.74. The lowest BCUT2D eigenvalue weighted by atomic mass is 10.1. The molecule has 2 aromatic heterocycles. The van der Waals surface area contributed by atoms with Gasteiger partial charge in [0.25, 0.3) is 0 Å². The second kappa shape index (κ2) is 8.26. The van der Waals surface area contributed by atoms with E-state index in [2.05, 4.69) is 45.4 Å². The van der Waals surface area contributed by atoms with Crippen LogP contribution in [0.4, 0.5) is 5.82 Å². The van der Waals surface area contributed by atoms with Crippen molar-refractivity contribution in [3.05, 3.63) is 59.5 Å². The fraction of sp³-hybridized carbons (Fsp3) is 0.429. The van der Waals surface area contributed by atoms with Crippen LogP contribution in [-0.4, -0.2) is 69.3 Å². The van der Waals surface area contributed by atoms with Gasteiger partial charge in [-0.3, -0.25) is 4.90 Å². The summed E-state index contributed by atoms with van der Waals surface area (Å²) in [5.74, 6) is 0.750. The molecule has 0 radical (unpaired) electrons. The largest absolute Gasteiger partial charge is 0.394 e. The summed E-state index contributed by atoms with van der Waals surface area (Å²) < 4.78 is 1.90. The Morgan fingerprint density at radius 1 is 1.14 bits per heavy atom. The molecule has 4 rings (SSSR count). The average molecular weight is 380 g/mol. The van der Waals surface area contributed by atoms with Crippen molar-refractivity contribution in [2.24, 2.45) is 0 Å². The molecule has 0 unspecified atom stereocenters. The lowest BCUT2D eigenvalue weighted by Crippen LogP contribution is -2.43. The molecule has 148 valence electrons. The lowest BCUT2D eigenvalue weighted by molar-refractivity contribution is 0.148. The Morgan fingerprint density at radius 3 is 2.61 bits per heavy atom. The molecule has 3 aromatic rings. The van der Waals surface area contributed by atoms with Crippen molar-refractivity contribution in [3.8, 4) is 0 Å². The van der Waals surface area contributed by atoms with E-state index < -0.39 is 0 Å². The Morgan fingerprint density at radius 2 is 1.89 bits per heavy atom. The number of aryl methyl sites for hydroxylation is 1. The molecular formula is C21H28N6O. The van der Waals surface area contributed by atoms with Gasteiger partial charge in [-0.2, -0.15) is 5.10 Å². The number of piperazine rings is 1. The molecule has 1 aliphatic rings. The molecule has 0 spiro atoms. The van der Waals surface area contributed by atoms with E-state index in [-0.39, 0.29) is 12.6 Å². The predicted molar refractivity (Wildman–Crippen MR) is 110 cm³/mol. The van der Waals surface area contributed by atoms with Crippen LogP contribution >= 0.6 is 0 Å². The number of likely N-dealkylation sites (N-methyl/N-ethyl adjacent to an activating group) is 1. The third-order valence-electron chi connectivity index (χ3n) is 5.62. The highest BCUT2D eigenvalue weighted by molar-refractivity contribution is 5.73. The summed E-state index contributed by atoms with van der Waals surface area (Å²) in [5, 5.41) is 17.7. The highest BCUT2D eigenvalue weighted by atomic mass is 16.3. The van der Waals surface area contributed by atoms with Crippen molar-refractivity contribution in [3.63, 3.8) is 0 Å². The summed E-state index contributed by atoms with van der Waals surface area (Å²) in [6.07, 6.45) is 3.67. The molecular weight excluding hydrogens is 352 g/mol. The van der Waals surface area contributed by atoms with E-state index in [0.29, 0.717) is 0 Å². The van der Waals surface area contributed by atoms with Crippen LogP contribution in [0.5, 0.6) is 0 Å². The van der Waals surface area contributed by atoms with E-state index in [1.165, 1.54) is 11.1 Å². The summed E-state index contributed by atoms with van der Waals surface area (Å²) >= 11 is 0. The lowest BCUT2D eigenvalue weighted by Gasteiger charge is -2.32. The van der Waals surface area contributed by atoms with Crippen molar-refractivity contribution < 1.29 is 5.11 Å². The molecule has 0 amide bonds. The number of hydrogen-bond donors (Lipinski definition) is 2. The number of aromatic nitrogens is 3. The number of aliphatic hydroxyl groups excluding tert-OH is 1. The molecule has 1 fully saturated rings. The molecule has 7 nitrogen and oxygen atoms in total. The smallest absolute Gasteiger partial charge is 0.154 e. The van der Waals surface area contributed by atoms with Gasteiger partial charge in [-0.1, -0.05) is 30.3 Å². The van der Waals surface area contributed by atoms with Crippen molar-refractivity contribution in [1.29, 1.82) is 0 Å². The third-order valence-corrected chi connectivity index (χ3v) is 5.62. The van der Waals surface area contributed by atoms with Crippen molar-refractivity contribution in [2.45, 2.75) is 19.5 Å². The summed E-state index contributed by atoms with van der Waals surface area (Å²) in [4.78, 5) is 9.33. The van der Waals surface area contributed by atoms with Gasteiger partial charge in [0.1, 0.15) is 11.8 Å². The fourth-order valence-electron chi connectivity index (χ4n) is 3.81. The standard InChI is InChI=1S/C21H28N6O/c1-16-18(12-26-10-8-25(2)9-11-26)13-27-20(16)21(22-15-23-27)24-19(14-28)17-6-4-3-5-7-17/h3-7,13,15,19,28H,8-12,14H2,1-2H3,(H,22,23,24)/t19-/m1/s1. The van der Waals surface area contributed by atoms with E-state index in [9.17, 15) is 5.11 Å². The van der Waals surface area contributed by atoms with Crippen LogP contribution in [-0.2, 0) is 6.54 Å². The first-order valence-electron chi connectivity index (χ1n) is 9.80. The Bertz CT molecular complexity index is 917. The van der Waals surface area contributed by atoms with Crippen LogP contribution in [0, 0.1) is 6.92 Å². The Kier molecular flexibility index (Phi) is 5.57. The minimum absolute atomic E-state index is 0.00587. The highest BCUT2D eigenvalue weighted by Crippen LogP contribution is 2.27. The van der Waals surface area contributed by atoms with Gasteiger partial charge in [-0.25, -0.2) is 9.50 Å². The molecule has 0 aliphatic carbocycles. The van der Waals surface area contributed by atoms with Crippen molar-refractivity contribution in [2.75, 3.05) is 45.2 Å². The molecule has 1 atom stereocenters. The molecule has 3 heterocycles. The molecule has 0 bridgehead atoms. The number of aliphatic hydroxyl groups is 1. The van der Waals surface area contributed by atoms with Crippen LogP contribution in [0.1, 0.15) is 22.7 Å². The first-order valence-corrected chi connectivity index (χ1v) is 9.80. The van der Waals surface area contributed by atoms with E-state index in [4.69, 9.17) is 0 Å². The van der Waals surface area contributed by atoms with Crippen LogP contribution in [0.2, 0.25) is 0 Å². The fourth-order valence-corrected chi connectivity index (χ4v) is 3.81. The average Bonchev–Trinajstić information content (AvgIpc) is 3.04. The van der Waals surface area contributed by atoms with Gasteiger partial charge in [-0.15, -0.1) is 0 Å². The number of nitrogens with one attached hydrogen (secondary N) is 1. The molecule has 0 saturated carbocycles. The zero-order chi connectivity index (χ0) is 19.5. The highest BCUT2D eigenvalue weighted by Gasteiger charge is 2.19. The van der Waals surface area contributed by atoms with Crippen LogP contribution in [0.15, 0.2) is 42.9 Å². The molecule has 1 saturated heterocycles. The number of hydrogen-bond acceptors (Lipinski definition) is 6. The Labute approximate surface area is 165 Å². The maximum absolute atomic E-state index is 9.90. The van der Waals surface area contributed by atoms with Gasteiger partial charge >= 0.3 is 0 Å². The Hall–Kier alpha value is -2.48. The van der Waals surface area contributed by atoms with Gasteiger partial charge in [0, 0.05) is 38.9 Å². The van der Waals surface area contributed by atoms with Crippen LogP contribution < -0.4 is 5.32 Å². The van der Waals surface area contributed by atoms with Gasteiger partial charge in [0.2, 0.25) is 0 Å². The van der Waals surface area contributed by atoms with Crippen molar-refractivity contribution >= 4 is 11.3 Å². The van der Waals surface area contributed by atoms with E-state index in [1.54, 1.807) is 6.33 Å². The van der Waals surface area contributed by atoms with E-state index in [0.717, 1.165) is 49.6 Å². The summed E-state index contributed by atoms with van der Waals surface area (Å²) in [7, 11) is 2.17. The molecule has 2 N–H and O–H groups in total. The topological polar surface area (TPSA) is 68.9 Å². The second-order valence-electron chi connectivity index (χ2n) is 7.55. The van der Waals surface area contributed by atoms with Gasteiger partial charge in [0.05, 0.1) is 12.6 Å². The maximum atomic E-state index is 9.90. The number of nitrogens with zero attached hydrogens (tertiary/aromatic N) is 5. The molecule has 1 aromatic carbocycles. The second-order valence-corrected chi connectivity index (χ2v) is 7.55. The van der Waals surface area contributed by atoms with Gasteiger partial charge in [0.15, 0.2) is 5.82 Å². The van der Waals surface area contributed by atoms with Gasteiger partial charge < -0.3 is 15.3 Å². The van der Waals surface area contributed by atoms with Crippen LogP contribution in [0.3, 0.4) is 0 Å². The number of anilines is 1. The molecule has 7 heteroatoms. The minimum Gasteiger partial charge on any atom is -0.394 e. The normalized spacial score (nSPS) is 17.1. The summed E-state index contributed by atoms with van der Waals surface area (Å²) in [6.45, 7) is 7.42. The number of rotatable bonds is 6. The van der Waals surface area contributed by atoms with Crippen molar-refractivity contribution in [1.82, 2.24) is 24.4 Å². The Balaban J connectivity index is 1.60. The quantitative estimate of drug-likeness (QED) is 0.681. The third kappa shape index (κ3) is 3.87. The molecule has 28 heavy (non-hydrogen) atoms. The van der Waals surface area contributed by atoms with Gasteiger partial charge in [-0.05, 0) is 30.7 Å². The monoisotopic (exact) mass is 380 g/mol. The predicted octanol–water partition coefficient (Wildman–Crippen LogP) is 1.93. The number of fused-ring (bicyclic) bond motifs is 1. The van der Waals surface area contributed by atoms with E-state index in [1.807, 2.05) is 34.8 Å². The van der Waals surface area contributed by atoms with E-state index >= 15 is 0 Å². The zero-order valence-electron chi connectivity index (χ0n) is 16.5. The maximum Gasteiger partial charge on any atom is 0.154 e. The molecule has 1 aliphatic heterocycles. The first-order chi connectivity index (χ1) is 13.7. The van der Waals surface area contributed by atoms with Crippen LogP contribution in [0.25, 0.3) is 5.52 Å².